The van der Waals surface area contributed by atoms with Crippen LogP contribution in [0.2, 0.25) is 0 Å². The zero-order valence-electron chi connectivity index (χ0n) is 20.0. The molecule has 2 N–H and O–H groups in total. The third kappa shape index (κ3) is 5.09. The van der Waals surface area contributed by atoms with Crippen molar-refractivity contribution < 1.29 is 33.6 Å². The van der Waals surface area contributed by atoms with E-state index in [-0.39, 0.29) is 26.4 Å². The molecule has 186 valence electrons. The number of carbonyl (C=O) groups is 2. The molecule has 2 aliphatic rings. The monoisotopic (exact) mass is 482 g/mol. The zero-order chi connectivity index (χ0) is 25.0. The fourth-order valence-corrected chi connectivity index (χ4v) is 4.78. The van der Waals surface area contributed by atoms with Crippen LogP contribution in [0, 0.1) is 11.8 Å². The summed E-state index contributed by atoms with van der Waals surface area (Å²) in [5.41, 5.74) is 3.12. The zero-order valence-corrected chi connectivity index (χ0v) is 20.0. The van der Waals surface area contributed by atoms with Gasteiger partial charge >= 0.3 is 11.9 Å². The van der Waals surface area contributed by atoms with E-state index in [1.54, 1.807) is 39.0 Å². The highest BCUT2D eigenvalue weighted by atomic mass is 16.7. The van der Waals surface area contributed by atoms with Gasteiger partial charge in [0.25, 0.3) is 0 Å². The Hall–Kier alpha value is -3.59. The minimum Gasteiger partial charge on any atom is -0.466 e. The van der Waals surface area contributed by atoms with Crippen molar-refractivity contribution in [3.05, 3.63) is 54.1 Å². The number of hydrogen-bond acceptors (Lipinski definition) is 9. The van der Waals surface area contributed by atoms with E-state index in [0.29, 0.717) is 22.8 Å². The number of hydrazone groups is 1. The fourth-order valence-electron chi connectivity index (χ4n) is 4.78. The van der Waals surface area contributed by atoms with Gasteiger partial charge in [-0.05, 0) is 50.6 Å². The van der Waals surface area contributed by atoms with E-state index in [9.17, 15) is 14.7 Å². The second-order valence-electron chi connectivity index (χ2n) is 8.71. The first-order valence-electron chi connectivity index (χ1n) is 11.7. The summed E-state index contributed by atoms with van der Waals surface area (Å²) in [5, 5.41) is 16.1. The number of nitrogens with one attached hydrogen (secondary N) is 1. The third-order valence-corrected chi connectivity index (χ3v) is 6.25. The van der Waals surface area contributed by atoms with Crippen LogP contribution in [0.3, 0.4) is 0 Å². The van der Waals surface area contributed by atoms with E-state index < -0.39 is 35.3 Å². The summed E-state index contributed by atoms with van der Waals surface area (Å²) in [7, 11) is 0. The molecule has 0 spiro atoms. The average Bonchev–Trinajstić information content (AvgIpc) is 3.30. The molecule has 1 aliphatic heterocycles. The second kappa shape index (κ2) is 10.4. The first kappa shape index (κ1) is 24.5. The molecule has 9 nitrogen and oxygen atoms in total. The second-order valence-corrected chi connectivity index (χ2v) is 8.71. The number of esters is 2. The minimum atomic E-state index is -1.55. The molecule has 1 heterocycles. The lowest BCUT2D eigenvalue weighted by Crippen LogP contribution is -2.55. The van der Waals surface area contributed by atoms with Gasteiger partial charge in [-0.2, -0.15) is 5.10 Å². The molecule has 2 aromatic carbocycles. The normalized spacial score (nSPS) is 26.3. The number of fused-ring (bicyclic) bond motifs is 1. The number of aliphatic hydroxyl groups is 1. The Morgan fingerprint density at radius 1 is 1.06 bits per heavy atom. The molecule has 35 heavy (non-hydrogen) atoms. The lowest BCUT2D eigenvalue weighted by molar-refractivity contribution is -0.163. The third-order valence-electron chi connectivity index (χ3n) is 6.25. The number of anilines is 1. The van der Waals surface area contributed by atoms with Crippen LogP contribution < -0.4 is 14.9 Å². The maximum atomic E-state index is 13.4. The number of benzene rings is 2. The fraction of sp³-hybridized carbons (Fsp3) is 0.423. The summed E-state index contributed by atoms with van der Waals surface area (Å²) >= 11 is 0. The Labute approximate surface area is 204 Å². The van der Waals surface area contributed by atoms with Gasteiger partial charge in [0.15, 0.2) is 11.5 Å². The van der Waals surface area contributed by atoms with Crippen LogP contribution in [0.5, 0.6) is 11.5 Å². The maximum Gasteiger partial charge on any atom is 0.315 e. The molecule has 4 rings (SSSR count). The number of para-hydroxylation sites is 1. The van der Waals surface area contributed by atoms with Gasteiger partial charge in [-0.3, -0.25) is 15.0 Å². The van der Waals surface area contributed by atoms with E-state index in [1.807, 2.05) is 30.3 Å². The van der Waals surface area contributed by atoms with Crippen molar-refractivity contribution in [1.82, 2.24) is 0 Å². The smallest absolute Gasteiger partial charge is 0.315 e. The van der Waals surface area contributed by atoms with Gasteiger partial charge < -0.3 is 24.1 Å². The molecule has 4 atom stereocenters. The number of rotatable bonds is 7. The summed E-state index contributed by atoms with van der Waals surface area (Å²) in [6, 6.07) is 14.5. The summed E-state index contributed by atoms with van der Waals surface area (Å²) in [6.45, 7) is 5.35. The maximum absolute atomic E-state index is 13.4. The average molecular weight is 483 g/mol. The van der Waals surface area contributed by atoms with Gasteiger partial charge in [0.05, 0.1) is 36.1 Å². The Balaban J connectivity index is 1.84. The molecule has 1 aliphatic carbocycles. The Kier molecular flexibility index (Phi) is 7.25. The van der Waals surface area contributed by atoms with E-state index in [1.165, 1.54) is 0 Å². The number of ether oxygens (including phenoxy) is 4. The Morgan fingerprint density at radius 2 is 1.74 bits per heavy atom. The van der Waals surface area contributed by atoms with Gasteiger partial charge in [0.2, 0.25) is 6.79 Å². The standard InChI is InChI=1S/C26H30N2O7/c1-4-32-24(29)22-18(28-27-17-9-7-6-8-10-17)14-26(3,31)23(25(30)33-5-2)21(22)16-11-12-19-20(13-16)35-15-34-19/h6-13,21-23,27,31H,4-5,14-15H2,1-3H3/b28-18+/t21-,22-,23-,26+/m1/s1. The van der Waals surface area contributed by atoms with Crippen LogP contribution in [0.15, 0.2) is 53.6 Å². The van der Waals surface area contributed by atoms with Crippen LogP contribution in [-0.4, -0.2) is 48.4 Å². The van der Waals surface area contributed by atoms with Crippen LogP contribution in [0.4, 0.5) is 5.69 Å². The van der Waals surface area contributed by atoms with E-state index in [2.05, 4.69) is 10.5 Å². The summed E-state index contributed by atoms with van der Waals surface area (Å²) in [5.74, 6) is -2.87. The molecule has 0 radical (unpaired) electrons. The highest BCUT2D eigenvalue weighted by Gasteiger charge is 2.56. The van der Waals surface area contributed by atoms with E-state index in [0.717, 1.165) is 5.69 Å². The lowest BCUT2D eigenvalue weighted by Gasteiger charge is -2.45. The molecule has 1 fully saturated rings. The van der Waals surface area contributed by atoms with E-state index in [4.69, 9.17) is 18.9 Å². The van der Waals surface area contributed by atoms with Gasteiger partial charge in [-0.15, -0.1) is 0 Å². The summed E-state index contributed by atoms with van der Waals surface area (Å²) in [6.07, 6.45) is -0.0269. The van der Waals surface area contributed by atoms with Crippen LogP contribution in [-0.2, 0) is 19.1 Å². The van der Waals surface area contributed by atoms with Crippen molar-refractivity contribution in [2.24, 2.45) is 16.9 Å². The van der Waals surface area contributed by atoms with Crippen molar-refractivity contribution in [3.63, 3.8) is 0 Å². The largest absolute Gasteiger partial charge is 0.466 e. The Bertz CT molecular complexity index is 1100. The van der Waals surface area contributed by atoms with Crippen LogP contribution >= 0.6 is 0 Å². The van der Waals surface area contributed by atoms with E-state index >= 15 is 0 Å². The van der Waals surface area contributed by atoms with Crippen LogP contribution in [0.25, 0.3) is 0 Å². The molecule has 0 bridgehead atoms. The predicted molar refractivity (Wildman–Crippen MR) is 128 cm³/mol. The van der Waals surface area contributed by atoms with Crippen LogP contribution in [0.1, 0.15) is 38.7 Å². The molecule has 0 saturated heterocycles. The van der Waals surface area contributed by atoms with Crippen molar-refractivity contribution in [2.45, 2.75) is 38.7 Å². The molecule has 2 aromatic rings. The quantitative estimate of drug-likeness (QED) is 0.455. The number of nitrogens with zero attached hydrogens (tertiary/aromatic N) is 1. The van der Waals surface area contributed by atoms with Crippen molar-refractivity contribution >= 4 is 23.3 Å². The minimum absolute atomic E-state index is 0.0269. The lowest BCUT2D eigenvalue weighted by atomic mass is 9.61. The topological polar surface area (TPSA) is 116 Å². The molecule has 0 amide bonds. The first-order chi connectivity index (χ1) is 16.9. The SMILES string of the molecule is CCOC(=O)[C@@H]1/C(=N/Nc2ccccc2)C[C@](C)(O)[C@@H](C(=O)OCC)[C@@H]1c1ccc2c(c1)OCO2. The summed E-state index contributed by atoms with van der Waals surface area (Å²) < 4.78 is 21.7. The highest BCUT2D eigenvalue weighted by Crippen LogP contribution is 2.49. The highest BCUT2D eigenvalue weighted by molar-refractivity contribution is 6.06. The van der Waals surface area contributed by atoms with Gasteiger partial charge in [0.1, 0.15) is 5.92 Å². The number of carbonyl (C=O) groups excluding carboxylic acids is 2. The summed E-state index contributed by atoms with van der Waals surface area (Å²) in [4.78, 5) is 26.6. The van der Waals surface area contributed by atoms with Crippen molar-refractivity contribution in [3.8, 4) is 11.5 Å². The molecule has 0 aromatic heterocycles. The van der Waals surface area contributed by atoms with Gasteiger partial charge in [0, 0.05) is 12.3 Å². The van der Waals surface area contributed by atoms with Gasteiger partial charge in [-0.25, -0.2) is 0 Å². The first-order valence-corrected chi connectivity index (χ1v) is 11.7. The molecule has 0 unspecified atom stereocenters. The predicted octanol–water partition coefficient (Wildman–Crippen LogP) is 3.48. The molecule has 9 heteroatoms. The molecular formula is C26H30N2O7. The van der Waals surface area contributed by atoms with Crippen molar-refractivity contribution in [2.75, 3.05) is 25.4 Å². The van der Waals surface area contributed by atoms with Gasteiger partial charge in [-0.1, -0.05) is 24.3 Å². The Morgan fingerprint density at radius 3 is 2.46 bits per heavy atom. The molecule has 1 saturated carbocycles. The van der Waals surface area contributed by atoms with Crippen molar-refractivity contribution in [1.29, 1.82) is 0 Å². The molecular weight excluding hydrogens is 452 g/mol. The number of hydrogen-bond donors (Lipinski definition) is 2.